The van der Waals surface area contributed by atoms with E-state index in [0.717, 1.165) is 6.07 Å². The molecular weight excluding hydrogens is 304 g/mol. The summed E-state index contributed by atoms with van der Waals surface area (Å²) in [5, 5.41) is 10.7. The monoisotopic (exact) mass is 310 g/mol. The van der Waals surface area contributed by atoms with Crippen LogP contribution in [0, 0.1) is 10.1 Å². The Labute approximate surface area is 111 Å². The van der Waals surface area contributed by atoms with Crippen LogP contribution in [0.3, 0.4) is 0 Å². The maximum Gasteiger partial charge on any atom is 0.427 e. The number of methoxy groups -OCH3 is 1. The van der Waals surface area contributed by atoms with E-state index in [-0.39, 0.29) is 11.5 Å². The minimum absolute atomic E-state index is 0.0391. The van der Waals surface area contributed by atoms with Crippen molar-refractivity contribution >= 4 is 31.7 Å². The number of carbonyl (C=O) groups excluding carboxylic acids is 1. The van der Waals surface area contributed by atoms with Gasteiger partial charge in [0, 0.05) is 10.7 Å². The van der Waals surface area contributed by atoms with Crippen molar-refractivity contribution in [2.75, 3.05) is 7.11 Å². The van der Waals surface area contributed by atoms with Gasteiger partial charge in [0.05, 0.1) is 18.1 Å². The second-order valence-corrected chi connectivity index (χ2v) is 5.32. The van der Waals surface area contributed by atoms with Crippen molar-refractivity contribution in [1.29, 1.82) is 0 Å². The van der Waals surface area contributed by atoms with Crippen LogP contribution in [0.4, 0.5) is 10.5 Å². The van der Waals surface area contributed by atoms with Crippen molar-refractivity contribution in [1.82, 2.24) is 4.72 Å². The lowest BCUT2D eigenvalue weighted by atomic mass is 10.3. The molecule has 0 saturated carbocycles. The van der Waals surface area contributed by atoms with Crippen molar-refractivity contribution in [2.24, 2.45) is 0 Å². The second-order valence-electron chi connectivity index (χ2n) is 3.02. The lowest BCUT2D eigenvalue weighted by Gasteiger charge is -2.06. The number of nitrogens with zero attached hydrogens (tertiary/aromatic N) is 1. The van der Waals surface area contributed by atoms with Crippen LogP contribution in [0.2, 0.25) is 0 Å². The molecule has 0 unspecified atom stereocenters. The molecule has 9 nitrogen and oxygen atoms in total. The van der Waals surface area contributed by atoms with E-state index in [1.54, 1.807) is 0 Å². The Hall–Kier alpha value is -2.07. The quantitative estimate of drug-likeness (QED) is 0.502. The predicted molar refractivity (Wildman–Crippen MR) is 63.6 cm³/mol. The molecule has 0 aliphatic heterocycles. The molecule has 0 aliphatic carbocycles. The van der Waals surface area contributed by atoms with Gasteiger partial charge in [-0.1, -0.05) is 0 Å². The molecule has 0 bridgehead atoms. The van der Waals surface area contributed by atoms with Gasteiger partial charge >= 0.3 is 21.0 Å². The zero-order chi connectivity index (χ0) is 14.6. The van der Waals surface area contributed by atoms with Gasteiger partial charge in [0.1, 0.15) is 5.75 Å². The minimum atomic E-state index is -4.29. The molecule has 1 amide bonds. The summed E-state index contributed by atoms with van der Waals surface area (Å²) in [6, 6.07) is 3.28. The Bertz CT molecular complexity index is 616. The fourth-order valence-electron chi connectivity index (χ4n) is 1.10. The molecule has 0 spiro atoms. The third kappa shape index (κ3) is 4.60. The third-order valence-electron chi connectivity index (χ3n) is 1.76. The second kappa shape index (κ2) is 5.71. The number of ether oxygens (including phenoxy) is 2. The standard InChI is InChI=1S/C8H7ClN2O7S/c1-17-7-3-2-5(4-6(7)11(13)14)18-8(12)10-19(9,15)16/h2-4H,1H3,(H,10,12). The minimum Gasteiger partial charge on any atom is -0.490 e. The molecule has 1 aromatic carbocycles. The number of hydrogen-bond acceptors (Lipinski definition) is 7. The van der Waals surface area contributed by atoms with Crippen molar-refractivity contribution in [3.8, 4) is 11.5 Å². The van der Waals surface area contributed by atoms with Gasteiger partial charge in [0.25, 0.3) is 0 Å². The Balaban J connectivity index is 2.94. The molecule has 1 aromatic rings. The van der Waals surface area contributed by atoms with Crippen molar-refractivity contribution < 1.29 is 27.6 Å². The van der Waals surface area contributed by atoms with Gasteiger partial charge in [-0.15, -0.1) is 0 Å². The lowest BCUT2D eigenvalue weighted by molar-refractivity contribution is -0.385. The average molecular weight is 311 g/mol. The summed E-state index contributed by atoms with van der Waals surface area (Å²) >= 11 is 0. The first-order valence-corrected chi connectivity index (χ1v) is 6.80. The molecule has 0 atom stereocenters. The van der Waals surface area contributed by atoms with Gasteiger partial charge in [-0.05, 0) is 12.1 Å². The number of halogens is 1. The first-order valence-electron chi connectivity index (χ1n) is 4.49. The van der Waals surface area contributed by atoms with Crippen molar-refractivity contribution in [3.63, 3.8) is 0 Å². The van der Waals surface area contributed by atoms with E-state index in [1.807, 2.05) is 0 Å². The highest BCUT2D eigenvalue weighted by molar-refractivity contribution is 8.12. The highest BCUT2D eigenvalue weighted by Gasteiger charge is 2.18. The maximum absolute atomic E-state index is 11.1. The summed E-state index contributed by atoms with van der Waals surface area (Å²) in [6.45, 7) is 0. The van der Waals surface area contributed by atoms with E-state index in [4.69, 9.17) is 15.4 Å². The van der Waals surface area contributed by atoms with Crippen LogP contribution in [-0.2, 0) is 9.24 Å². The molecule has 0 fully saturated rings. The molecule has 0 aromatic heterocycles. The summed E-state index contributed by atoms with van der Waals surface area (Å²) < 4.78 is 31.6. The molecular formula is C8H7ClN2O7S. The van der Waals surface area contributed by atoms with E-state index in [1.165, 1.54) is 24.0 Å². The molecule has 0 saturated heterocycles. The average Bonchev–Trinajstić information content (AvgIpc) is 2.26. The van der Waals surface area contributed by atoms with Crippen LogP contribution >= 0.6 is 10.7 Å². The maximum atomic E-state index is 11.1. The highest BCUT2D eigenvalue weighted by atomic mass is 35.7. The SMILES string of the molecule is COc1ccc(OC(=O)NS(=O)(=O)Cl)cc1[N+](=O)[O-]. The van der Waals surface area contributed by atoms with E-state index < -0.39 is 25.9 Å². The largest absolute Gasteiger partial charge is 0.490 e. The normalized spacial score (nSPS) is 10.6. The van der Waals surface area contributed by atoms with Crippen LogP contribution < -0.4 is 14.2 Å². The van der Waals surface area contributed by atoms with Crippen LogP contribution in [0.1, 0.15) is 0 Å². The summed E-state index contributed by atoms with van der Waals surface area (Å²) in [6.07, 6.45) is -1.39. The third-order valence-corrected chi connectivity index (χ3v) is 2.40. The van der Waals surface area contributed by atoms with Crippen LogP contribution in [0.25, 0.3) is 0 Å². The van der Waals surface area contributed by atoms with Crippen LogP contribution in [0.5, 0.6) is 11.5 Å². The van der Waals surface area contributed by atoms with Gasteiger partial charge in [-0.25, -0.2) is 9.52 Å². The molecule has 0 radical (unpaired) electrons. The molecule has 104 valence electrons. The first kappa shape index (κ1) is 15.0. The number of amides is 1. The zero-order valence-corrected chi connectivity index (χ0v) is 10.9. The number of rotatable bonds is 4. The molecule has 1 rings (SSSR count). The number of nitro benzene ring substituents is 1. The smallest absolute Gasteiger partial charge is 0.427 e. The van der Waals surface area contributed by atoms with Crippen LogP contribution in [0.15, 0.2) is 18.2 Å². The Morgan fingerprint density at radius 3 is 2.58 bits per heavy atom. The van der Waals surface area contributed by atoms with E-state index >= 15 is 0 Å². The fraction of sp³-hybridized carbons (Fsp3) is 0.125. The van der Waals surface area contributed by atoms with Gasteiger partial charge in [-0.3, -0.25) is 10.1 Å². The lowest BCUT2D eigenvalue weighted by Crippen LogP contribution is -2.29. The van der Waals surface area contributed by atoms with Crippen LogP contribution in [-0.4, -0.2) is 26.5 Å². The molecule has 1 N–H and O–H groups in total. The molecule has 19 heavy (non-hydrogen) atoms. The Kier molecular flexibility index (Phi) is 4.51. The number of hydrogen-bond donors (Lipinski definition) is 1. The first-order chi connectivity index (χ1) is 8.73. The number of benzene rings is 1. The molecule has 11 heteroatoms. The van der Waals surface area contributed by atoms with Gasteiger partial charge in [-0.2, -0.15) is 8.42 Å². The van der Waals surface area contributed by atoms with E-state index in [2.05, 4.69) is 4.74 Å². The van der Waals surface area contributed by atoms with Gasteiger partial charge in [0.15, 0.2) is 5.75 Å². The van der Waals surface area contributed by atoms with Crippen molar-refractivity contribution in [2.45, 2.75) is 0 Å². The van der Waals surface area contributed by atoms with E-state index in [0.29, 0.717) is 0 Å². The van der Waals surface area contributed by atoms with E-state index in [9.17, 15) is 23.3 Å². The predicted octanol–water partition coefficient (Wildman–Crippen LogP) is 1.18. The summed E-state index contributed by atoms with van der Waals surface area (Å²) in [5.41, 5.74) is -0.443. The fourth-order valence-corrected chi connectivity index (χ4v) is 1.53. The van der Waals surface area contributed by atoms with Gasteiger partial charge in [0.2, 0.25) is 0 Å². The number of carbonyl (C=O) groups is 1. The molecule has 0 aliphatic rings. The Morgan fingerprint density at radius 1 is 1.47 bits per heavy atom. The zero-order valence-electron chi connectivity index (χ0n) is 9.32. The summed E-state index contributed by atoms with van der Waals surface area (Å²) in [7, 11) is 1.69. The Morgan fingerprint density at radius 2 is 2.11 bits per heavy atom. The topological polar surface area (TPSA) is 125 Å². The van der Waals surface area contributed by atoms with Crippen molar-refractivity contribution in [3.05, 3.63) is 28.3 Å². The molecule has 0 heterocycles. The summed E-state index contributed by atoms with van der Waals surface area (Å²) in [4.78, 5) is 21.0. The number of nitrogens with one attached hydrogen (secondary N) is 1. The van der Waals surface area contributed by atoms with Gasteiger partial charge < -0.3 is 9.47 Å². The number of nitro groups is 1. The summed E-state index contributed by atoms with van der Waals surface area (Å²) in [5.74, 6) is -0.284. The highest BCUT2D eigenvalue weighted by Crippen LogP contribution is 2.30.